The minimum absolute atomic E-state index is 0.0876. The molecule has 0 radical (unpaired) electrons. The Morgan fingerprint density at radius 3 is 1.42 bits per heavy atom. The Kier molecular flexibility index (Phi) is 14.8. The van der Waals surface area contributed by atoms with E-state index < -0.39 is 21.0 Å². The largest absolute Gasteiger partial charge is 0.393 e. The number of aliphatic hydroxyl groups excluding tert-OH is 1. The van der Waals surface area contributed by atoms with E-state index in [0.717, 1.165) is 12.8 Å². The van der Waals surface area contributed by atoms with Crippen molar-refractivity contribution in [2.75, 3.05) is 0 Å². The molecule has 0 bridgehead atoms. The van der Waals surface area contributed by atoms with E-state index in [4.69, 9.17) is 4.55 Å². The molecule has 5 heteroatoms. The molecule has 1 unspecified atom stereocenters. The zero-order valence-electron chi connectivity index (χ0n) is 17.5. The van der Waals surface area contributed by atoms with Crippen molar-refractivity contribution >= 4 is 10.1 Å². The molecule has 0 rings (SSSR count). The van der Waals surface area contributed by atoms with Gasteiger partial charge in [0.1, 0.15) is 0 Å². The van der Waals surface area contributed by atoms with Gasteiger partial charge < -0.3 is 5.11 Å². The van der Waals surface area contributed by atoms with Crippen LogP contribution < -0.4 is 0 Å². The number of aliphatic hydroxyl groups is 1. The molecule has 0 heterocycles. The van der Waals surface area contributed by atoms with Crippen molar-refractivity contribution in [3.8, 4) is 0 Å². The topological polar surface area (TPSA) is 74.6 Å². The van der Waals surface area contributed by atoms with Gasteiger partial charge in [-0.05, 0) is 26.7 Å². The van der Waals surface area contributed by atoms with E-state index in [1.807, 2.05) is 0 Å². The molecule has 0 aromatic heterocycles. The lowest BCUT2D eigenvalue weighted by molar-refractivity contribution is 0.138. The van der Waals surface area contributed by atoms with Gasteiger partial charge in [-0.15, -0.1) is 0 Å². The summed E-state index contributed by atoms with van der Waals surface area (Å²) in [5, 5.41) is 9.96. The summed E-state index contributed by atoms with van der Waals surface area (Å²) in [6.07, 6.45) is 18.1. The van der Waals surface area contributed by atoms with Crippen LogP contribution in [-0.2, 0) is 10.1 Å². The van der Waals surface area contributed by atoms with Crippen molar-refractivity contribution in [1.29, 1.82) is 0 Å². The summed E-state index contributed by atoms with van der Waals surface area (Å²) in [4.78, 5) is 0. The average Bonchev–Trinajstić information content (AvgIpc) is 2.53. The summed E-state index contributed by atoms with van der Waals surface area (Å²) in [6.45, 7) is 5.17. The van der Waals surface area contributed by atoms with Gasteiger partial charge in [0.2, 0.25) is 0 Å². The summed E-state index contributed by atoms with van der Waals surface area (Å²) in [6, 6.07) is 0. The van der Waals surface area contributed by atoms with Crippen molar-refractivity contribution in [2.24, 2.45) is 0 Å². The molecule has 26 heavy (non-hydrogen) atoms. The van der Waals surface area contributed by atoms with Gasteiger partial charge in [0, 0.05) is 0 Å². The zero-order chi connectivity index (χ0) is 19.9. The van der Waals surface area contributed by atoms with Crippen LogP contribution in [-0.4, -0.2) is 28.9 Å². The van der Waals surface area contributed by atoms with E-state index in [0.29, 0.717) is 6.42 Å². The fraction of sp³-hybridized carbons (Fsp3) is 1.00. The first-order valence-electron chi connectivity index (χ1n) is 10.9. The van der Waals surface area contributed by atoms with Gasteiger partial charge in [-0.2, -0.15) is 8.42 Å². The van der Waals surface area contributed by atoms with Gasteiger partial charge >= 0.3 is 0 Å². The number of hydrogen-bond donors (Lipinski definition) is 2. The lowest BCUT2D eigenvalue weighted by atomic mass is 9.99. The summed E-state index contributed by atoms with van der Waals surface area (Å²) in [5.41, 5.74) is 0. The maximum absolute atomic E-state index is 11.2. The molecule has 0 saturated heterocycles. The molecule has 2 N–H and O–H groups in total. The monoisotopic (exact) mass is 392 g/mol. The van der Waals surface area contributed by atoms with Crippen LogP contribution in [0.2, 0.25) is 0 Å². The molecule has 0 aromatic carbocycles. The molecule has 1 atom stereocenters. The fourth-order valence-electron chi connectivity index (χ4n) is 3.35. The van der Waals surface area contributed by atoms with Crippen molar-refractivity contribution in [1.82, 2.24) is 0 Å². The van der Waals surface area contributed by atoms with E-state index in [1.54, 1.807) is 0 Å². The maximum atomic E-state index is 11.2. The standard InChI is InChI=1S/C21H44O4S/c1-4-5-6-7-8-9-10-11-12-13-14-15-16-17-18-20(22)19-21(2,3)26(23,24)25/h20,22H,4-19H2,1-3H3,(H,23,24,25). The zero-order valence-corrected chi connectivity index (χ0v) is 18.3. The summed E-state index contributed by atoms with van der Waals surface area (Å²) in [7, 11) is -4.12. The van der Waals surface area contributed by atoms with Crippen LogP contribution in [0, 0.1) is 0 Å². The molecule has 158 valence electrons. The third kappa shape index (κ3) is 14.0. The van der Waals surface area contributed by atoms with E-state index in [-0.39, 0.29) is 6.42 Å². The number of hydrogen-bond acceptors (Lipinski definition) is 3. The van der Waals surface area contributed by atoms with E-state index >= 15 is 0 Å². The van der Waals surface area contributed by atoms with Crippen molar-refractivity contribution < 1.29 is 18.1 Å². The van der Waals surface area contributed by atoms with Crippen molar-refractivity contribution in [2.45, 2.75) is 134 Å². The quantitative estimate of drug-likeness (QED) is 0.213. The average molecular weight is 393 g/mol. The Labute approximate surface area is 162 Å². The first-order chi connectivity index (χ1) is 12.2. The molecule has 0 fully saturated rings. The highest BCUT2D eigenvalue weighted by Crippen LogP contribution is 2.23. The van der Waals surface area contributed by atoms with Crippen molar-refractivity contribution in [3.63, 3.8) is 0 Å². The first-order valence-corrected chi connectivity index (χ1v) is 12.3. The Morgan fingerprint density at radius 1 is 0.731 bits per heavy atom. The highest BCUT2D eigenvalue weighted by Gasteiger charge is 2.34. The second-order valence-electron chi connectivity index (χ2n) is 8.48. The molecule has 4 nitrogen and oxygen atoms in total. The Morgan fingerprint density at radius 2 is 1.08 bits per heavy atom. The molecule has 0 spiro atoms. The van der Waals surface area contributed by atoms with Gasteiger partial charge in [0.15, 0.2) is 0 Å². The van der Waals surface area contributed by atoms with Gasteiger partial charge in [-0.1, -0.05) is 96.8 Å². The third-order valence-corrected chi connectivity index (χ3v) is 6.88. The molecule has 0 aliphatic rings. The Hall–Kier alpha value is -0.130. The Bertz CT molecular complexity index is 418. The van der Waals surface area contributed by atoms with E-state index in [1.165, 1.54) is 90.9 Å². The van der Waals surface area contributed by atoms with Gasteiger partial charge in [-0.3, -0.25) is 4.55 Å². The van der Waals surface area contributed by atoms with E-state index in [2.05, 4.69) is 6.92 Å². The van der Waals surface area contributed by atoms with E-state index in [9.17, 15) is 13.5 Å². The normalized spacial score (nSPS) is 13.9. The van der Waals surface area contributed by atoms with Crippen LogP contribution in [0.3, 0.4) is 0 Å². The first kappa shape index (κ1) is 25.9. The van der Waals surface area contributed by atoms with Gasteiger partial charge in [0.25, 0.3) is 10.1 Å². The highest BCUT2D eigenvalue weighted by molar-refractivity contribution is 7.87. The molecule has 0 aliphatic carbocycles. The molecular formula is C21H44O4S. The number of unbranched alkanes of at least 4 members (excludes halogenated alkanes) is 13. The molecule has 0 amide bonds. The number of rotatable bonds is 18. The predicted molar refractivity (Wildman–Crippen MR) is 111 cm³/mol. The summed E-state index contributed by atoms with van der Waals surface area (Å²) >= 11 is 0. The minimum Gasteiger partial charge on any atom is -0.393 e. The second kappa shape index (κ2) is 14.9. The predicted octanol–water partition coefficient (Wildman–Crippen LogP) is 6.28. The lowest BCUT2D eigenvalue weighted by Gasteiger charge is -2.24. The highest BCUT2D eigenvalue weighted by atomic mass is 32.2. The summed E-state index contributed by atoms with van der Waals surface area (Å²) < 4.78 is 30.3. The third-order valence-electron chi connectivity index (χ3n) is 5.32. The van der Waals surface area contributed by atoms with Gasteiger partial charge in [-0.25, -0.2) is 0 Å². The SMILES string of the molecule is CCCCCCCCCCCCCCCCC(O)CC(C)(C)S(=O)(=O)O. The summed E-state index contributed by atoms with van der Waals surface area (Å²) in [5.74, 6) is 0. The minimum atomic E-state index is -4.12. The van der Waals surface area contributed by atoms with Crippen molar-refractivity contribution in [3.05, 3.63) is 0 Å². The molecule has 0 aromatic rings. The Balaban J connectivity index is 3.41. The molecule has 0 aliphatic heterocycles. The van der Waals surface area contributed by atoms with Crippen LogP contribution in [0.1, 0.15) is 124 Å². The molecule has 0 saturated carbocycles. The smallest absolute Gasteiger partial charge is 0.270 e. The molecular weight excluding hydrogens is 348 g/mol. The lowest BCUT2D eigenvalue weighted by Crippen LogP contribution is -2.35. The van der Waals surface area contributed by atoms with Crippen LogP contribution in [0.4, 0.5) is 0 Å². The second-order valence-corrected chi connectivity index (χ2v) is 10.5. The van der Waals surface area contributed by atoms with Crippen LogP contribution in [0.15, 0.2) is 0 Å². The van der Waals surface area contributed by atoms with Crippen LogP contribution >= 0.6 is 0 Å². The van der Waals surface area contributed by atoms with Crippen LogP contribution in [0.5, 0.6) is 0 Å². The van der Waals surface area contributed by atoms with Crippen LogP contribution in [0.25, 0.3) is 0 Å². The maximum Gasteiger partial charge on any atom is 0.270 e. The fourth-order valence-corrected chi connectivity index (χ4v) is 3.75. The van der Waals surface area contributed by atoms with Gasteiger partial charge in [0.05, 0.1) is 10.9 Å².